The molecule has 2 saturated heterocycles. The zero-order valence-corrected chi connectivity index (χ0v) is 19.9. The summed E-state index contributed by atoms with van der Waals surface area (Å²) in [6.45, 7) is 2.32. The van der Waals surface area contributed by atoms with Crippen molar-refractivity contribution < 1.29 is 23.5 Å². The first kappa shape index (κ1) is 24.2. The molecule has 190 valence electrons. The average Bonchev–Trinajstić information content (AvgIpc) is 3.63. The number of nitriles is 1. The van der Waals surface area contributed by atoms with Gasteiger partial charge in [-0.1, -0.05) is 0 Å². The maximum Gasteiger partial charge on any atom is 0.297 e. The van der Waals surface area contributed by atoms with Crippen LogP contribution >= 0.6 is 0 Å². The van der Waals surface area contributed by atoms with Gasteiger partial charge in [0, 0.05) is 57.2 Å². The molecule has 2 aliphatic heterocycles. The number of carbonyl (C=O) groups excluding carboxylic acids is 2. The first-order chi connectivity index (χ1) is 18.1. The minimum absolute atomic E-state index is 0.0264. The summed E-state index contributed by atoms with van der Waals surface area (Å²) < 4.78 is 16.8. The molecule has 0 radical (unpaired) electrons. The fourth-order valence-corrected chi connectivity index (χ4v) is 4.15. The van der Waals surface area contributed by atoms with Gasteiger partial charge in [-0.05, 0) is 18.6 Å². The van der Waals surface area contributed by atoms with Gasteiger partial charge in [0.25, 0.3) is 17.8 Å². The highest BCUT2D eigenvalue weighted by atomic mass is 16.5. The summed E-state index contributed by atoms with van der Waals surface area (Å²) in [5.41, 5.74) is 1.16. The highest BCUT2D eigenvalue weighted by Crippen LogP contribution is 2.23. The molecule has 2 fully saturated rings. The van der Waals surface area contributed by atoms with Gasteiger partial charge >= 0.3 is 0 Å². The van der Waals surface area contributed by atoms with Crippen molar-refractivity contribution >= 4 is 23.5 Å². The predicted octanol–water partition coefficient (Wildman–Crippen LogP) is 2.16. The molecule has 2 aliphatic rings. The number of ether oxygens (including phenoxy) is 2. The molecule has 0 unspecified atom stereocenters. The fraction of sp³-hybridized carbons (Fsp3) is 0.360. The maximum atomic E-state index is 12.9. The lowest BCUT2D eigenvalue weighted by atomic mass is 10.1. The number of piperidine rings is 1. The average molecular weight is 504 g/mol. The minimum atomic E-state index is -0.496. The van der Waals surface area contributed by atoms with Crippen LogP contribution < -0.4 is 20.3 Å². The molecule has 0 aromatic carbocycles. The van der Waals surface area contributed by atoms with E-state index in [0.29, 0.717) is 62.3 Å². The highest BCUT2D eigenvalue weighted by molar-refractivity contribution is 6.08. The van der Waals surface area contributed by atoms with Crippen LogP contribution in [0.25, 0.3) is 0 Å². The van der Waals surface area contributed by atoms with Gasteiger partial charge in [0.15, 0.2) is 5.69 Å². The van der Waals surface area contributed by atoms with E-state index in [2.05, 4.69) is 25.6 Å². The third kappa shape index (κ3) is 5.84. The molecule has 3 aromatic rings. The summed E-state index contributed by atoms with van der Waals surface area (Å²) in [5, 5.41) is 14.5. The number of rotatable bonds is 7. The molecule has 0 saturated carbocycles. The Balaban J connectivity index is 1.16. The lowest BCUT2D eigenvalue weighted by Crippen LogP contribution is -2.38. The van der Waals surface area contributed by atoms with Crippen LogP contribution in [0.2, 0.25) is 0 Å². The quantitative estimate of drug-likeness (QED) is 0.490. The van der Waals surface area contributed by atoms with Crippen molar-refractivity contribution in [2.24, 2.45) is 0 Å². The van der Waals surface area contributed by atoms with Gasteiger partial charge in [-0.25, -0.2) is 4.98 Å². The lowest BCUT2D eigenvalue weighted by molar-refractivity contribution is 0.0930. The SMILES string of the molecule is N#Cc1ccc(OC2CCN(c3nc(C(=O)Nc4ccncc4C(=O)N[C@H]4CCOC4)co3)CC2)nc1. The molecular weight excluding hydrogens is 478 g/mol. The molecule has 37 heavy (non-hydrogen) atoms. The van der Waals surface area contributed by atoms with Crippen molar-refractivity contribution in [2.45, 2.75) is 31.4 Å². The maximum absolute atomic E-state index is 12.9. The van der Waals surface area contributed by atoms with E-state index in [1.807, 2.05) is 11.0 Å². The zero-order chi connectivity index (χ0) is 25.6. The Morgan fingerprint density at radius 1 is 1.14 bits per heavy atom. The van der Waals surface area contributed by atoms with Gasteiger partial charge in [0.05, 0.1) is 29.5 Å². The molecule has 3 aromatic heterocycles. The van der Waals surface area contributed by atoms with E-state index in [1.54, 1.807) is 18.2 Å². The number of carbonyl (C=O) groups is 2. The Morgan fingerprint density at radius 2 is 2.00 bits per heavy atom. The standard InChI is InChI=1S/C25H25N7O5/c26-11-16-1-2-22(28-12-16)37-18-4-8-32(9-5-18)25-31-21(15-36-25)24(34)30-20-3-7-27-13-19(20)23(33)29-17-6-10-35-14-17/h1-3,7,12-13,15,17-18H,4-6,8-10,14H2,(H,29,33)(H,27,30,34)/t17-/m0/s1. The highest BCUT2D eigenvalue weighted by Gasteiger charge is 2.26. The van der Waals surface area contributed by atoms with Crippen molar-refractivity contribution in [1.29, 1.82) is 5.26 Å². The molecule has 2 N–H and O–H groups in total. The van der Waals surface area contributed by atoms with Crippen molar-refractivity contribution in [3.05, 3.63) is 59.9 Å². The van der Waals surface area contributed by atoms with Crippen LogP contribution in [0.3, 0.4) is 0 Å². The number of aromatic nitrogens is 3. The Hall–Kier alpha value is -4.50. The molecule has 5 heterocycles. The van der Waals surface area contributed by atoms with Crippen LogP contribution in [0, 0.1) is 11.3 Å². The monoisotopic (exact) mass is 503 g/mol. The van der Waals surface area contributed by atoms with Gasteiger partial charge in [0.1, 0.15) is 18.4 Å². The number of nitrogens with one attached hydrogen (secondary N) is 2. The first-order valence-corrected chi connectivity index (χ1v) is 12.0. The molecule has 2 amide bonds. The number of anilines is 2. The summed E-state index contributed by atoms with van der Waals surface area (Å²) in [7, 11) is 0. The van der Waals surface area contributed by atoms with Gasteiger partial charge < -0.3 is 29.4 Å². The second-order valence-electron chi connectivity index (χ2n) is 8.73. The predicted molar refractivity (Wildman–Crippen MR) is 130 cm³/mol. The van der Waals surface area contributed by atoms with Crippen LogP contribution in [0.4, 0.5) is 11.7 Å². The smallest absolute Gasteiger partial charge is 0.297 e. The summed E-state index contributed by atoms with van der Waals surface area (Å²) in [5.74, 6) is -0.348. The molecule has 12 nitrogen and oxygen atoms in total. The molecular formula is C25H25N7O5. The molecule has 0 bridgehead atoms. The van der Waals surface area contributed by atoms with Gasteiger partial charge in [-0.15, -0.1) is 0 Å². The zero-order valence-electron chi connectivity index (χ0n) is 19.9. The normalized spacial score (nSPS) is 17.7. The number of hydrogen-bond acceptors (Lipinski definition) is 10. The summed E-state index contributed by atoms with van der Waals surface area (Å²) in [6, 6.07) is 7.22. The molecule has 1 atom stereocenters. The third-order valence-electron chi connectivity index (χ3n) is 6.17. The Kier molecular flexibility index (Phi) is 7.23. The van der Waals surface area contributed by atoms with Crippen molar-refractivity contribution in [1.82, 2.24) is 20.3 Å². The van der Waals surface area contributed by atoms with Gasteiger partial charge in [-0.3, -0.25) is 14.6 Å². The first-order valence-electron chi connectivity index (χ1n) is 12.0. The van der Waals surface area contributed by atoms with E-state index in [9.17, 15) is 9.59 Å². The number of amides is 2. The largest absolute Gasteiger partial charge is 0.474 e. The lowest BCUT2D eigenvalue weighted by Gasteiger charge is -2.30. The van der Waals surface area contributed by atoms with E-state index in [1.165, 1.54) is 24.9 Å². The second-order valence-corrected chi connectivity index (χ2v) is 8.73. The van der Waals surface area contributed by atoms with Crippen LogP contribution in [-0.2, 0) is 4.74 Å². The van der Waals surface area contributed by atoms with Crippen LogP contribution in [0.15, 0.2) is 47.5 Å². The third-order valence-corrected chi connectivity index (χ3v) is 6.17. The van der Waals surface area contributed by atoms with Crippen molar-refractivity contribution in [3.8, 4) is 11.9 Å². The van der Waals surface area contributed by atoms with E-state index in [-0.39, 0.29) is 29.3 Å². The topological polar surface area (TPSA) is 156 Å². The molecule has 0 aliphatic carbocycles. The number of oxazole rings is 1. The van der Waals surface area contributed by atoms with Crippen molar-refractivity contribution in [2.75, 3.05) is 36.5 Å². The number of pyridine rings is 2. The molecule has 5 rings (SSSR count). The van der Waals surface area contributed by atoms with Crippen LogP contribution in [0.1, 0.15) is 45.7 Å². The van der Waals surface area contributed by atoms with Crippen molar-refractivity contribution in [3.63, 3.8) is 0 Å². The Bertz CT molecular complexity index is 1290. The van der Waals surface area contributed by atoms with E-state index in [0.717, 1.165) is 6.42 Å². The summed E-state index contributed by atoms with van der Waals surface area (Å²) in [6.07, 6.45) is 7.83. The van der Waals surface area contributed by atoms with Crippen LogP contribution in [0.5, 0.6) is 5.88 Å². The number of nitrogens with zero attached hydrogens (tertiary/aromatic N) is 5. The fourth-order valence-electron chi connectivity index (χ4n) is 4.15. The second kappa shape index (κ2) is 11.0. The van der Waals surface area contributed by atoms with E-state index in [4.69, 9.17) is 19.2 Å². The van der Waals surface area contributed by atoms with Gasteiger partial charge in [-0.2, -0.15) is 10.2 Å². The van der Waals surface area contributed by atoms with E-state index < -0.39 is 5.91 Å². The molecule has 12 heteroatoms. The van der Waals surface area contributed by atoms with Gasteiger partial charge in [0.2, 0.25) is 5.88 Å². The van der Waals surface area contributed by atoms with E-state index >= 15 is 0 Å². The molecule has 0 spiro atoms. The number of hydrogen-bond donors (Lipinski definition) is 2. The summed E-state index contributed by atoms with van der Waals surface area (Å²) in [4.78, 5) is 40.0. The minimum Gasteiger partial charge on any atom is -0.474 e. The Labute approximate surface area is 212 Å². The summed E-state index contributed by atoms with van der Waals surface area (Å²) >= 11 is 0. The Morgan fingerprint density at radius 3 is 2.73 bits per heavy atom. The van der Waals surface area contributed by atoms with Crippen LogP contribution in [-0.4, -0.2) is 65.2 Å².